The summed E-state index contributed by atoms with van der Waals surface area (Å²) in [6.45, 7) is 2.31. The number of rotatable bonds is 6. The van der Waals surface area contributed by atoms with E-state index in [0.717, 1.165) is 10.4 Å². The van der Waals surface area contributed by atoms with Crippen molar-refractivity contribution in [1.82, 2.24) is 4.98 Å². The van der Waals surface area contributed by atoms with Gasteiger partial charge >= 0.3 is 5.91 Å². The van der Waals surface area contributed by atoms with Gasteiger partial charge in [-0.15, -0.1) is 0 Å². The molecule has 188 valence electrons. The summed E-state index contributed by atoms with van der Waals surface area (Å²) in [6, 6.07) is 18.7. The lowest BCUT2D eigenvalue weighted by atomic mass is 9.95. The molecule has 2 heterocycles. The van der Waals surface area contributed by atoms with Gasteiger partial charge in [-0.05, 0) is 55.0 Å². The second kappa shape index (κ2) is 9.88. The third kappa shape index (κ3) is 4.54. The summed E-state index contributed by atoms with van der Waals surface area (Å²) in [7, 11) is 3.86. The zero-order valence-electron chi connectivity index (χ0n) is 20.4. The molecule has 1 aromatic heterocycles. The van der Waals surface area contributed by atoms with Crippen molar-refractivity contribution < 1.29 is 19.4 Å². The Morgan fingerprint density at radius 1 is 1.11 bits per heavy atom. The van der Waals surface area contributed by atoms with Crippen LogP contribution in [0.4, 0.5) is 10.8 Å². The summed E-state index contributed by atoms with van der Waals surface area (Å²) in [4.78, 5) is 34.9. The second-order valence-electron chi connectivity index (χ2n) is 8.72. The molecule has 1 aliphatic rings. The van der Waals surface area contributed by atoms with Crippen molar-refractivity contribution in [2.75, 3.05) is 30.5 Å². The first-order chi connectivity index (χ1) is 17.8. The Labute approximate surface area is 223 Å². The minimum Gasteiger partial charge on any atom is -0.507 e. The van der Waals surface area contributed by atoms with Crippen LogP contribution in [0.5, 0.6) is 5.75 Å². The SMILES string of the molecule is CCOc1cccc(/C(O)=C2\C(=O)C(=O)N(c3nc4ccc(Cl)cc4s3)C2c2ccc(N(C)C)cc2)c1. The van der Waals surface area contributed by atoms with Crippen molar-refractivity contribution in [3.63, 3.8) is 0 Å². The Hall–Kier alpha value is -3.88. The number of benzene rings is 3. The topological polar surface area (TPSA) is 83.0 Å². The summed E-state index contributed by atoms with van der Waals surface area (Å²) in [5.74, 6) is -1.25. The fourth-order valence-corrected chi connectivity index (χ4v) is 5.61. The first kappa shape index (κ1) is 24.8. The van der Waals surface area contributed by atoms with Gasteiger partial charge in [-0.2, -0.15) is 0 Å². The van der Waals surface area contributed by atoms with Crippen LogP contribution in [0.15, 0.2) is 72.3 Å². The van der Waals surface area contributed by atoms with Gasteiger partial charge in [0.05, 0.1) is 28.4 Å². The first-order valence-corrected chi connectivity index (χ1v) is 12.9. The largest absolute Gasteiger partial charge is 0.507 e. The van der Waals surface area contributed by atoms with E-state index in [-0.39, 0.29) is 11.3 Å². The van der Waals surface area contributed by atoms with E-state index >= 15 is 0 Å². The van der Waals surface area contributed by atoms with Crippen LogP contribution < -0.4 is 14.5 Å². The predicted molar refractivity (Wildman–Crippen MR) is 148 cm³/mol. The van der Waals surface area contributed by atoms with Gasteiger partial charge in [0.25, 0.3) is 5.78 Å². The highest BCUT2D eigenvalue weighted by Gasteiger charge is 2.48. The molecule has 0 radical (unpaired) electrons. The van der Waals surface area contributed by atoms with Gasteiger partial charge in [-0.25, -0.2) is 4.98 Å². The van der Waals surface area contributed by atoms with Crippen LogP contribution in [0.1, 0.15) is 24.1 Å². The Kier molecular flexibility index (Phi) is 6.62. The third-order valence-electron chi connectivity index (χ3n) is 6.13. The summed E-state index contributed by atoms with van der Waals surface area (Å²) in [5, 5.41) is 12.3. The number of aromatic nitrogens is 1. The second-order valence-corrected chi connectivity index (χ2v) is 10.2. The van der Waals surface area contributed by atoms with Crippen molar-refractivity contribution >= 4 is 61.4 Å². The highest BCUT2D eigenvalue weighted by Crippen LogP contribution is 2.45. The van der Waals surface area contributed by atoms with Gasteiger partial charge in [0.2, 0.25) is 0 Å². The standard InChI is InChI=1S/C28H24ClN3O4S/c1-4-36-20-7-5-6-17(14-20)25(33)23-24(16-8-11-19(12-9-16)31(2)3)32(27(35)26(23)34)28-30-21-13-10-18(29)15-22(21)37-28/h5-15,24,33H,4H2,1-3H3/b25-23+. The molecule has 1 aliphatic heterocycles. The number of hydrogen-bond acceptors (Lipinski definition) is 7. The van der Waals surface area contributed by atoms with E-state index in [0.29, 0.717) is 39.2 Å². The summed E-state index contributed by atoms with van der Waals surface area (Å²) in [6.07, 6.45) is 0. The number of halogens is 1. The monoisotopic (exact) mass is 533 g/mol. The minimum absolute atomic E-state index is 0.00598. The van der Waals surface area contributed by atoms with E-state index in [4.69, 9.17) is 16.3 Å². The highest BCUT2D eigenvalue weighted by atomic mass is 35.5. The number of carbonyl (C=O) groups is 2. The maximum Gasteiger partial charge on any atom is 0.301 e. The average molecular weight is 534 g/mol. The highest BCUT2D eigenvalue weighted by molar-refractivity contribution is 7.22. The Morgan fingerprint density at radius 3 is 2.57 bits per heavy atom. The van der Waals surface area contributed by atoms with Crippen molar-refractivity contribution in [2.24, 2.45) is 0 Å². The number of amides is 1. The number of nitrogens with zero attached hydrogens (tertiary/aromatic N) is 3. The number of thiazole rings is 1. The molecule has 4 aromatic rings. The van der Waals surface area contributed by atoms with Crippen molar-refractivity contribution in [3.8, 4) is 5.75 Å². The van der Waals surface area contributed by atoms with Gasteiger partial charge in [0.15, 0.2) is 5.13 Å². The van der Waals surface area contributed by atoms with Gasteiger partial charge in [-0.3, -0.25) is 14.5 Å². The Bertz CT molecular complexity index is 1540. The fraction of sp³-hybridized carbons (Fsp3) is 0.179. The number of fused-ring (bicyclic) bond motifs is 1. The molecule has 1 atom stereocenters. The van der Waals surface area contributed by atoms with E-state index in [1.807, 2.05) is 50.2 Å². The van der Waals surface area contributed by atoms with Crippen LogP contribution in [0.3, 0.4) is 0 Å². The molecule has 9 heteroatoms. The number of hydrogen-bond donors (Lipinski definition) is 1. The Morgan fingerprint density at radius 2 is 1.86 bits per heavy atom. The normalized spacial score (nSPS) is 17.0. The molecule has 1 N–H and O–H groups in total. The van der Waals surface area contributed by atoms with Crippen LogP contribution in [-0.2, 0) is 9.59 Å². The molecule has 1 unspecified atom stereocenters. The molecule has 0 spiro atoms. The average Bonchev–Trinajstić information content (AvgIpc) is 3.41. The Balaban J connectivity index is 1.70. The molecule has 1 saturated heterocycles. The number of aliphatic hydroxyl groups is 1. The quantitative estimate of drug-likeness (QED) is 0.185. The fourth-order valence-electron chi connectivity index (χ4n) is 4.34. The van der Waals surface area contributed by atoms with Crippen molar-refractivity contribution in [2.45, 2.75) is 13.0 Å². The summed E-state index contributed by atoms with van der Waals surface area (Å²) < 4.78 is 6.36. The molecule has 0 bridgehead atoms. The van der Waals surface area contributed by atoms with Gasteiger partial charge in [0.1, 0.15) is 11.5 Å². The molecule has 0 aliphatic carbocycles. The first-order valence-electron chi connectivity index (χ1n) is 11.7. The molecule has 1 amide bonds. The molecule has 37 heavy (non-hydrogen) atoms. The molecule has 1 fully saturated rings. The maximum absolute atomic E-state index is 13.5. The van der Waals surface area contributed by atoms with Crippen LogP contribution in [0.25, 0.3) is 16.0 Å². The number of carbonyl (C=O) groups excluding carboxylic acids is 2. The number of anilines is 2. The van der Waals surface area contributed by atoms with Crippen LogP contribution in [0.2, 0.25) is 5.02 Å². The van der Waals surface area contributed by atoms with Crippen molar-refractivity contribution in [1.29, 1.82) is 0 Å². The van der Waals surface area contributed by atoms with E-state index in [2.05, 4.69) is 4.98 Å². The lowest BCUT2D eigenvalue weighted by molar-refractivity contribution is -0.132. The number of Topliss-reactive ketones (excluding diaryl/α,β-unsaturated/α-hetero) is 1. The minimum atomic E-state index is -0.872. The zero-order chi connectivity index (χ0) is 26.3. The van der Waals surface area contributed by atoms with Crippen LogP contribution >= 0.6 is 22.9 Å². The molecule has 7 nitrogen and oxygen atoms in total. The number of aliphatic hydroxyl groups excluding tert-OH is 1. The molecular weight excluding hydrogens is 510 g/mol. The van der Waals surface area contributed by atoms with E-state index in [1.54, 1.807) is 42.5 Å². The van der Waals surface area contributed by atoms with E-state index < -0.39 is 17.7 Å². The maximum atomic E-state index is 13.5. The van der Waals surface area contributed by atoms with Gasteiger partial charge in [-0.1, -0.05) is 47.2 Å². The van der Waals surface area contributed by atoms with Crippen molar-refractivity contribution in [3.05, 3.63) is 88.5 Å². The molecule has 0 saturated carbocycles. The predicted octanol–water partition coefficient (Wildman–Crippen LogP) is 6.04. The summed E-state index contributed by atoms with van der Waals surface area (Å²) in [5.41, 5.74) is 2.67. The van der Waals surface area contributed by atoms with Gasteiger partial charge in [0, 0.05) is 30.4 Å². The lowest BCUT2D eigenvalue weighted by Gasteiger charge is -2.23. The van der Waals surface area contributed by atoms with Crippen LogP contribution in [-0.4, -0.2) is 42.5 Å². The summed E-state index contributed by atoms with van der Waals surface area (Å²) >= 11 is 7.43. The lowest BCUT2D eigenvalue weighted by Crippen LogP contribution is -2.29. The zero-order valence-corrected chi connectivity index (χ0v) is 22.0. The number of ketones is 1. The van der Waals surface area contributed by atoms with Crippen LogP contribution in [0, 0.1) is 0 Å². The third-order valence-corrected chi connectivity index (χ3v) is 7.39. The molecular formula is C28H24ClN3O4S. The number of ether oxygens (including phenoxy) is 1. The van der Waals surface area contributed by atoms with E-state index in [9.17, 15) is 14.7 Å². The molecule has 5 rings (SSSR count). The van der Waals surface area contributed by atoms with E-state index in [1.165, 1.54) is 16.2 Å². The molecule has 3 aromatic carbocycles. The van der Waals surface area contributed by atoms with Gasteiger partial charge < -0.3 is 14.7 Å². The smallest absolute Gasteiger partial charge is 0.301 e.